The average molecular weight is 442 g/mol. The van der Waals surface area contributed by atoms with Crippen molar-refractivity contribution in [2.75, 3.05) is 18.0 Å². The highest BCUT2D eigenvalue weighted by Gasteiger charge is 2.31. The van der Waals surface area contributed by atoms with Crippen molar-refractivity contribution in [3.63, 3.8) is 0 Å². The first-order valence-corrected chi connectivity index (χ1v) is 9.42. The standard InChI is InChI=1S/C19H19BrF3N3O/c20-15-5-1-13(2-6-15)3-8-18(27)25-16-9-10-26(12-16)17-7-4-14(11-24-17)19(21,22)23/h1-2,4-7,11,16H,3,8-10,12H2,(H,25,27). The van der Waals surface area contributed by atoms with Crippen molar-refractivity contribution in [2.45, 2.75) is 31.5 Å². The largest absolute Gasteiger partial charge is 0.417 e. The van der Waals surface area contributed by atoms with Gasteiger partial charge in [-0.15, -0.1) is 0 Å². The number of benzene rings is 1. The lowest BCUT2D eigenvalue weighted by Crippen LogP contribution is -2.37. The number of pyridine rings is 1. The van der Waals surface area contributed by atoms with Crippen LogP contribution in [0.5, 0.6) is 0 Å². The highest BCUT2D eigenvalue weighted by atomic mass is 79.9. The molecule has 1 aromatic heterocycles. The second kappa shape index (κ2) is 8.29. The zero-order valence-corrected chi connectivity index (χ0v) is 16.1. The molecule has 1 aliphatic rings. The summed E-state index contributed by atoms with van der Waals surface area (Å²) in [6.45, 7) is 1.19. The van der Waals surface area contributed by atoms with E-state index >= 15 is 0 Å². The summed E-state index contributed by atoms with van der Waals surface area (Å²) in [6.07, 6.45) is -1.74. The summed E-state index contributed by atoms with van der Waals surface area (Å²) in [5.74, 6) is 0.472. The number of carbonyl (C=O) groups excluding carboxylic acids is 1. The van der Waals surface area contributed by atoms with Gasteiger partial charge in [-0.05, 0) is 42.7 Å². The van der Waals surface area contributed by atoms with Gasteiger partial charge in [-0.3, -0.25) is 4.79 Å². The number of anilines is 1. The zero-order valence-electron chi connectivity index (χ0n) is 14.5. The van der Waals surface area contributed by atoms with E-state index in [2.05, 4.69) is 26.2 Å². The third-order valence-electron chi connectivity index (χ3n) is 4.51. The van der Waals surface area contributed by atoms with Crippen LogP contribution in [-0.4, -0.2) is 30.0 Å². The maximum atomic E-state index is 12.6. The molecule has 2 heterocycles. The Morgan fingerprint density at radius 2 is 1.96 bits per heavy atom. The molecule has 144 valence electrons. The molecule has 4 nitrogen and oxygen atoms in total. The third kappa shape index (κ3) is 5.45. The summed E-state index contributed by atoms with van der Waals surface area (Å²) in [5.41, 5.74) is 0.332. The number of hydrogen-bond acceptors (Lipinski definition) is 3. The number of alkyl halides is 3. The predicted molar refractivity (Wildman–Crippen MR) is 100 cm³/mol. The van der Waals surface area contributed by atoms with Crippen molar-refractivity contribution in [3.05, 3.63) is 58.2 Å². The van der Waals surface area contributed by atoms with Crippen LogP contribution in [-0.2, 0) is 17.4 Å². The van der Waals surface area contributed by atoms with Crippen molar-refractivity contribution >= 4 is 27.7 Å². The second-order valence-corrected chi connectivity index (χ2v) is 7.44. The Bertz CT molecular complexity index is 778. The quantitative estimate of drug-likeness (QED) is 0.756. The number of carbonyl (C=O) groups is 1. The van der Waals surface area contributed by atoms with Gasteiger partial charge in [0.2, 0.25) is 5.91 Å². The van der Waals surface area contributed by atoms with E-state index in [0.717, 1.165) is 28.7 Å². The van der Waals surface area contributed by atoms with E-state index in [-0.39, 0.29) is 11.9 Å². The highest BCUT2D eigenvalue weighted by molar-refractivity contribution is 9.10. The highest BCUT2D eigenvalue weighted by Crippen LogP contribution is 2.29. The van der Waals surface area contributed by atoms with Gasteiger partial charge in [0.05, 0.1) is 5.56 Å². The number of halogens is 4. The molecule has 3 rings (SSSR count). The predicted octanol–water partition coefficient (Wildman–Crippen LogP) is 4.19. The minimum Gasteiger partial charge on any atom is -0.354 e. The van der Waals surface area contributed by atoms with Gasteiger partial charge in [0, 0.05) is 36.2 Å². The summed E-state index contributed by atoms with van der Waals surface area (Å²) in [7, 11) is 0. The summed E-state index contributed by atoms with van der Waals surface area (Å²) in [4.78, 5) is 18.0. The Kier molecular flexibility index (Phi) is 6.04. The van der Waals surface area contributed by atoms with Gasteiger partial charge in [0.1, 0.15) is 5.82 Å². The molecule has 27 heavy (non-hydrogen) atoms. The number of hydrogen-bond donors (Lipinski definition) is 1. The van der Waals surface area contributed by atoms with Crippen molar-refractivity contribution in [1.82, 2.24) is 10.3 Å². The van der Waals surface area contributed by atoms with Crippen LogP contribution in [0, 0.1) is 0 Å². The molecule has 2 aromatic rings. The van der Waals surface area contributed by atoms with Gasteiger partial charge in [0.15, 0.2) is 0 Å². The number of aromatic nitrogens is 1. The normalized spacial score (nSPS) is 17.2. The van der Waals surface area contributed by atoms with Crippen molar-refractivity contribution in [3.8, 4) is 0 Å². The molecular weight excluding hydrogens is 423 g/mol. The maximum absolute atomic E-state index is 12.6. The van der Waals surface area contributed by atoms with Gasteiger partial charge < -0.3 is 10.2 Å². The van der Waals surface area contributed by atoms with Crippen molar-refractivity contribution in [2.24, 2.45) is 0 Å². The number of rotatable bonds is 5. The molecule has 0 bridgehead atoms. The molecule has 1 fully saturated rings. The molecule has 1 atom stereocenters. The molecule has 0 spiro atoms. The smallest absolute Gasteiger partial charge is 0.354 e. The molecule has 1 aromatic carbocycles. The Morgan fingerprint density at radius 3 is 2.59 bits per heavy atom. The van der Waals surface area contributed by atoms with Crippen LogP contribution in [0.2, 0.25) is 0 Å². The fourth-order valence-corrected chi connectivity index (χ4v) is 3.30. The lowest BCUT2D eigenvalue weighted by atomic mass is 10.1. The molecule has 1 unspecified atom stereocenters. The average Bonchev–Trinajstić information content (AvgIpc) is 3.09. The van der Waals surface area contributed by atoms with E-state index in [1.54, 1.807) is 0 Å². The van der Waals surface area contributed by atoms with Gasteiger partial charge >= 0.3 is 6.18 Å². The molecule has 0 aliphatic carbocycles. The molecule has 0 saturated carbocycles. The Morgan fingerprint density at radius 1 is 1.22 bits per heavy atom. The first-order chi connectivity index (χ1) is 12.8. The Balaban J connectivity index is 1.47. The molecule has 8 heteroatoms. The van der Waals surface area contributed by atoms with Gasteiger partial charge in [-0.2, -0.15) is 13.2 Å². The topological polar surface area (TPSA) is 45.2 Å². The Hall–Kier alpha value is -2.09. The minimum absolute atomic E-state index is 0.0217. The summed E-state index contributed by atoms with van der Waals surface area (Å²) < 4.78 is 38.8. The molecular formula is C19H19BrF3N3O. The lowest BCUT2D eigenvalue weighted by Gasteiger charge is -2.18. The molecule has 1 amide bonds. The first-order valence-electron chi connectivity index (χ1n) is 8.63. The van der Waals surface area contributed by atoms with Crippen LogP contribution in [0.3, 0.4) is 0 Å². The molecule has 0 radical (unpaired) electrons. The number of nitrogens with zero attached hydrogens (tertiary/aromatic N) is 2. The monoisotopic (exact) mass is 441 g/mol. The van der Waals surface area contributed by atoms with E-state index in [0.29, 0.717) is 31.7 Å². The summed E-state index contributed by atoms with van der Waals surface area (Å²) in [5, 5.41) is 3.00. The van der Waals surface area contributed by atoms with Crippen LogP contribution in [0.25, 0.3) is 0 Å². The minimum atomic E-state index is -4.39. The lowest BCUT2D eigenvalue weighted by molar-refractivity contribution is -0.137. The van der Waals surface area contributed by atoms with Crippen LogP contribution in [0.15, 0.2) is 47.1 Å². The summed E-state index contributed by atoms with van der Waals surface area (Å²) in [6, 6.07) is 10.2. The fraction of sp³-hybridized carbons (Fsp3) is 0.368. The number of amides is 1. The zero-order chi connectivity index (χ0) is 19.4. The maximum Gasteiger partial charge on any atom is 0.417 e. The van der Waals surface area contributed by atoms with Crippen molar-refractivity contribution in [1.29, 1.82) is 0 Å². The van der Waals surface area contributed by atoms with Crippen LogP contribution in [0.1, 0.15) is 24.0 Å². The second-order valence-electron chi connectivity index (χ2n) is 6.53. The van der Waals surface area contributed by atoms with Crippen LogP contribution in [0.4, 0.5) is 19.0 Å². The first kappa shape index (κ1) is 19.7. The van der Waals surface area contributed by atoms with E-state index in [9.17, 15) is 18.0 Å². The van der Waals surface area contributed by atoms with Crippen LogP contribution < -0.4 is 10.2 Å². The summed E-state index contributed by atoms with van der Waals surface area (Å²) >= 11 is 3.38. The van der Waals surface area contributed by atoms with Gasteiger partial charge in [-0.25, -0.2) is 4.98 Å². The molecule has 1 aliphatic heterocycles. The Labute approximate surface area is 163 Å². The molecule has 1 saturated heterocycles. The molecule has 1 N–H and O–H groups in total. The van der Waals surface area contributed by atoms with Gasteiger partial charge in [0.25, 0.3) is 0 Å². The van der Waals surface area contributed by atoms with E-state index < -0.39 is 11.7 Å². The van der Waals surface area contributed by atoms with E-state index in [4.69, 9.17) is 0 Å². The number of aryl methyl sites for hydroxylation is 1. The SMILES string of the molecule is O=C(CCc1ccc(Br)cc1)NC1CCN(c2ccc(C(F)(F)F)cn2)C1. The third-order valence-corrected chi connectivity index (χ3v) is 5.04. The van der Waals surface area contributed by atoms with E-state index in [1.165, 1.54) is 6.07 Å². The fourth-order valence-electron chi connectivity index (χ4n) is 3.04. The van der Waals surface area contributed by atoms with Crippen LogP contribution >= 0.6 is 15.9 Å². The van der Waals surface area contributed by atoms with Gasteiger partial charge in [-0.1, -0.05) is 28.1 Å². The van der Waals surface area contributed by atoms with Crippen molar-refractivity contribution < 1.29 is 18.0 Å². The van der Waals surface area contributed by atoms with E-state index in [1.807, 2.05) is 29.2 Å². The number of nitrogens with one attached hydrogen (secondary N) is 1.